The summed E-state index contributed by atoms with van der Waals surface area (Å²) in [7, 11) is 0. The van der Waals surface area contributed by atoms with Crippen LogP contribution in [0.2, 0.25) is 0 Å². The molecule has 4 heteroatoms. The lowest BCUT2D eigenvalue weighted by molar-refractivity contribution is -0.150. The molecule has 0 heterocycles. The summed E-state index contributed by atoms with van der Waals surface area (Å²) in [5.74, 6) is -0.821. The first kappa shape index (κ1) is 23.9. The number of aliphatic carboxylic acids is 1. The van der Waals surface area contributed by atoms with Crippen molar-refractivity contribution in [3.05, 3.63) is 0 Å². The Kier molecular flexibility index (Phi) is 17.0. The molecule has 1 atom stereocenters. The number of ether oxygens (including phenoxy) is 1. The fourth-order valence-electron chi connectivity index (χ4n) is 2.99. The number of carbonyl (C=O) groups is 2. The van der Waals surface area contributed by atoms with Crippen molar-refractivity contribution in [3.63, 3.8) is 0 Å². The van der Waals surface area contributed by atoms with Gasteiger partial charge in [0, 0.05) is 12.8 Å². The van der Waals surface area contributed by atoms with Crippen LogP contribution >= 0.6 is 0 Å². The third kappa shape index (κ3) is 17.6. The minimum Gasteiger partial charge on any atom is -0.481 e. The Morgan fingerprint density at radius 3 is 1.88 bits per heavy atom. The number of carboxylic acid groups (broad SMARTS) is 1. The highest BCUT2D eigenvalue weighted by atomic mass is 16.5. The summed E-state index contributed by atoms with van der Waals surface area (Å²) in [6, 6.07) is 0. The number of rotatable bonds is 18. The number of carbonyl (C=O) groups excluding carboxylic acids is 1. The summed E-state index contributed by atoms with van der Waals surface area (Å²) in [4.78, 5) is 22.4. The number of hydrogen-bond donors (Lipinski definition) is 1. The molecule has 0 aromatic rings. The van der Waals surface area contributed by atoms with Crippen molar-refractivity contribution in [2.24, 2.45) is 0 Å². The van der Waals surface area contributed by atoms with Crippen LogP contribution < -0.4 is 0 Å². The average molecular weight is 357 g/mol. The van der Waals surface area contributed by atoms with Crippen molar-refractivity contribution in [2.45, 2.75) is 123 Å². The number of unbranched alkanes of at least 4 members (excludes halogenated alkanes) is 9. The molecule has 0 saturated heterocycles. The van der Waals surface area contributed by atoms with Gasteiger partial charge in [-0.2, -0.15) is 0 Å². The average Bonchev–Trinajstić information content (AvgIpc) is 2.58. The second kappa shape index (κ2) is 17.8. The molecule has 0 aromatic heterocycles. The Hall–Kier alpha value is -1.06. The van der Waals surface area contributed by atoms with Crippen molar-refractivity contribution in [1.82, 2.24) is 0 Å². The van der Waals surface area contributed by atoms with Crippen LogP contribution in [0.5, 0.6) is 0 Å². The van der Waals surface area contributed by atoms with Gasteiger partial charge in [-0.25, -0.2) is 0 Å². The zero-order valence-corrected chi connectivity index (χ0v) is 16.6. The lowest BCUT2D eigenvalue weighted by Crippen LogP contribution is -2.18. The summed E-state index contributed by atoms with van der Waals surface area (Å²) < 4.78 is 5.69. The molecule has 0 aliphatic rings. The summed E-state index contributed by atoms with van der Waals surface area (Å²) >= 11 is 0. The fourth-order valence-corrected chi connectivity index (χ4v) is 2.99. The second-order valence-electron chi connectivity index (χ2n) is 7.12. The van der Waals surface area contributed by atoms with Crippen LogP contribution in [0.3, 0.4) is 0 Å². The Bertz CT molecular complexity index is 328. The quantitative estimate of drug-likeness (QED) is 0.232. The molecule has 0 rings (SSSR count). The van der Waals surface area contributed by atoms with E-state index >= 15 is 0 Å². The van der Waals surface area contributed by atoms with Gasteiger partial charge in [-0.3, -0.25) is 9.59 Å². The van der Waals surface area contributed by atoms with E-state index in [1.54, 1.807) is 0 Å². The number of hydrogen-bond acceptors (Lipinski definition) is 3. The van der Waals surface area contributed by atoms with Crippen molar-refractivity contribution in [3.8, 4) is 0 Å². The van der Waals surface area contributed by atoms with Gasteiger partial charge in [0.05, 0.1) is 0 Å². The van der Waals surface area contributed by atoms with E-state index in [-0.39, 0.29) is 18.5 Å². The summed E-state index contributed by atoms with van der Waals surface area (Å²) in [6.07, 6.45) is 15.9. The molecule has 0 radical (unpaired) electrons. The Morgan fingerprint density at radius 1 is 0.720 bits per heavy atom. The van der Waals surface area contributed by atoms with Gasteiger partial charge in [-0.05, 0) is 32.1 Å². The van der Waals surface area contributed by atoms with E-state index in [9.17, 15) is 9.59 Å². The van der Waals surface area contributed by atoms with E-state index in [1.807, 2.05) is 0 Å². The van der Waals surface area contributed by atoms with Gasteiger partial charge in [0.15, 0.2) is 0 Å². The molecule has 25 heavy (non-hydrogen) atoms. The van der Waals surface area contributed by atoms with Gasteiger partial charge in [0.2, 0.25) is 0 Å². The zero-order chi connectivity index (χ0) is 18.8. The second-order valence-corrected chi connectivity index (χ2v) is 7.12. The highest BCUT2D eigenvalue weighted by Crippen LogP contribution is 2.16. The number of esters is 1. The summed E-state index contributed by atoms with van der Waals surface area (Å²) in [6.45, 7) is 4.40. The van der Waals surface area contributed by atoms with Crippen molar-refractivity contribution >= 4 is 11.9 Å². The molecule has 4 nitrogen and oxygen atoms in total. The van der Waals surface area contributed by atoms with E-state index < -0.39 is 5.97 Å². The van der Waals surface area contributed by atoms with E-state index in [1.165, 1.54) is 32.1 Å². The van der Waals surface area contributed by atoms with Crippen LogP contribution in [0, 0.1) is 0 Å². The highest BCUT2D eigenvalue weighted by Gasteiger charge is 2.13. The van der Waals surface area contributed by atoms with Crippen molar-refractivity contribution in [2.75, 3.05) is 0 Å². The fraction of sp³-hybridized carbons (Fsp3) is 0.905. The van der Waals surface area contributed by atoms with Crippen LogP contribution in [-0.2, 0) is 14.3 Å². The van der Waals surface area contributed by atoms with Crippen LogP contribution in [-0.4, -0.2) is 23.1 Å². The predicted octanol–water partition coefficient (Wildman–Crippen LogP) is 6.26. The van der Waals surface area contributed by atoms with Crippen LogP contribution in [0.15, 0.2) is 0 Å². The Morgan fingerprint density at radius 2 is 1.24 bits per heavy atom. The predicted molar refractivity (Wildman–Crippen MR) is 103 cm³/mol. The van der Waals surface area contributed by atoms with E-state index in [0.29, 0.717) is 12.8 Å². The standard InChI is InChI=1S/C21H40O4/c1-3-5-7-8-9-12-16-19(15-6-4-2)25-21(24)18-14-11-10-13-17-20(22)23/h19H,3-18H2,1-2H3,(H,22,23). The lowest BCUT2D eigenvalue weighted by Gasteiger charge is -2.18. The minimum absolute atomic E-state index is 0.0784. The SMILES string of the molecule is CCCCCCCCC(CCCC)OC(=O)CCCCCCC(=O)O. The molecule has 0 spiro atoms. The van der Waals surface area contributed by atoms with Crippen LogP contribution in [0.25, 0.3) is 0 Å². The van der Waals surface area contributed by atoms with Gasteiger partial charge < -0.3 is 9.84 Å². The molecular formula is C21H40O4. The third-order valence-corrected chi connectivity index (χ3v) is 4.58. The van der Waals surface area contributed by atoms with Gasteiger partial charge in [-0.15, -0.1) is 0 Å². The Balaban J connectivity index is 3.82. The molecule has 0 aliphatic heterocycles. The molecule has 0 amide bonds. The van der Waals surface area contributed by atoms with Gasteiger partial charge in [0.1, 0.15) is 6.10 Å². The summed E-state index contributed by atoms with van der Waals surface area (Å²) in [5, 5.41) is 8.59. The molecule has 0 bridgehead atoms. The summed E-state index contributed by atoms with van der Waals surface area (Å²) in [5.41, 5.74) is 0. The van der Waals surface area contributed by atoms with E-state index in [0.717, 1.165) is 51.4 Å². The smallest absolute Gasteiger partial charge is 0.306 e. The zero-order valence-electron chi connectivity index (χ0n) is 16.6. The first-order valence-corrected chi connectivity index (χ1v) is 10.5. The molecular weight excluding hydrogens is 316 g/mol. The highest BCUT2D eigenvalue weighted by molar-refractivity contribution is 5.69. The molecule has 0 aliphatic carbocycles. The van der Waals surface area contributed by atoms with Gasteiger partial charge in [-0.1, -0.05) is 71.6 Å². The topological polar surface area (TPSA) is 63.6 Å². The van der Waals surface area contributed by atoms with Crippen molar-refractivity contribution < 1.29 is 19.4 Å². The van der Waals surface area contributed by atoms with Gasteiger partial charge >= 0.3 is 11.9 Å². The Labute approximate surface area is 154 Å². The monoisotopic (exact) mass is 356 g/mol. The molecule has 0 aromatic carbocycles. The molecule has 148 valence electrons. The molecule has 1 N–H and O–H groups in total. The first-order chi connectivity index (χ1) is 12.1. The van der Waals surface area contributed by atoms with E-state index in [2.05, 4.69) is 13.8 Å². The minimum atomic E-state index is -0.743. The normalized spacial score (nSPS) is 12.1. The number of carboxylic acids is 1. The maximum atomic E-state index is 12.0. The molecule has 0 fully saturated rings. The van der Waals surface area contributed by atoms with Crippen LogP contribution in [0.4, 0.5) is 0 Å². The lowest BCUT2D eigenvalue weighted by atomic mass is 10.0. The van der Waals surface area contributed by atoms with E-state index in [4.69, 9.17) is 9.84 Å². The third-order valence-electron chi connectivity index (χ3n) is 4.58. The largest absolute Gasteiger partial charge is 0.481 e. The molecule has 1 unspecified atom stereocenters. The molecule has 0 saturated carbocycles. The maximum Gasteiger partial charge on any atom is 0.306 e. The van der Waals surface area contributed by atoms with Gasteiger partial charge in [0.25, 0.3) is 0 Å². The maximum absolute atomic E-state index is 12.0. The van der Waals surface area contributed by atoms with Crippen molar-refractivity contribution in [1.29, 1.82) is 0 Å². The van der Waals surface area contributed by atoms with Crippen LogP contribution in [0.1, 0.15) is 117 Å². The first-order valence-electron chi connectivity index (χ1n) is 10.5.